The topological polar surface area (TPSA) is 84.5 Å². The first-order chi connectivity index (χ1) is 13.6. The first-order valence-electron chi connectivity index (χ1n) is 9.12. The fraction of sp³-hybridized carbons (Fsp3) is 0.227. The summed E-state index contributed by atoms with van der Waals surface area (Å²) in [5, 5.41) is 4.77. The van der Waals surface area contributed by atoms with Gasteiger partial charge in [0.2, 0.25) is 10.0 Å². The van der Waals surface area contributed by atoms with Crippen LogP contribution < -0.4 is 14.8 Å². The van der Waals surface area contributed by atoms with Gasteiger partial charge in [-0.05, 0) is 50.4 Å². The number of anilines is 1. The predicted octanol–water partition coefficient (Wildman–Crippen LogP) is 4.18. The standard InChI is InChI=1S/C22H24N2O4S/c1-22(2,3)24-29(26,27)20-14-16(12-13-19(20)28-4)21(25)23-18-11-7-9-15-8-5-6-10-17(15)18/h5-14,24H,1-4H3,(H,23,25). The van der Waals surface area contributed by atoms with Crippen molar-refractivity contribution in [3.8, 4) is 5.75 Å². The summed E-state index contributed by atoms with van der Waals surface area (Å²) in [6, 6.07) is 17.7. The summed E-state index contributed by atoms with van der Waals surface area (Å²) in [4.78, 5) is 12.8. The molecule has 0 aliphatic heterocycles. The second-order valence-corrected chi connectivity index (χ2v) is 9.35. The van der Waals surface area contributed by atoms with Crippen molar-refractivity contribution >= 4 is 32.4 Å². The van der Waals surface area contributed by atoms with Gasteiger partial charge in [0.25, 0.3) is 5.91 Å². The van der Waals surface area contributed by atoms with Crippen LogP contribution in [0.4, 0.5) is 5.69 Å². The molecule has 1 amide bonds. The number of methoxy groups -OCH3 is 1. The van der Waals surface area contributed by atoms with E-state index in [0.717, 1.165) is 10.8 Å². The Kier molecular flexibility index (Phi) is 5.64. The predicted molar refractivity (Wildman–Crippen MR) is 115 cm³/mol. The summed E-state index contributed by atoms with van der Waals surface area (Å²) in [5.41, 5.74) is 0.194. The summed E-state index contributed by atoms with van der Waals surface area (Å²) < 4.78 is 33.4. The van der Waals surface area contributed by atoms with Gasteiger partial charge in [-0.25, -0.2) is 13.1 Å². The molecule has 0 heterocycles. The first kappa shape index (κ1) is 20.8. The Balaban J connectivity index is 1.98. The fourth-order valence-corrected chi connectivity index (χ4v) is 4.63. The number of fused-ring (bicyclic) bond motifs is 1. The monoisotopic (exact) mass is 412 g/mol. The van der Waals surface area contributed by atoms with Crippen LogP contribution in [0.1, 0.15) is 31.1 Å². The largest absolute Gasteiger partial charge is 0.495 e. The zero-order chi connectivity index (χ0) is 21.2. The maximum Gasteiger partial charge on any atom is 0.255 e. The van der Waals surface area contributed by atoms with Crippen LogP contribution in [-0.4, -0.2) is 27.0 Å². The zero-order valence-electron chi connectivity index (χ0n) is 16.8. The van der Waals surface area contributed by atoms with Gasteiger partial charge in [0.1, 0.15) is 10.6 Å². The van der Waals surface area contributed by atoms with Crippen molar-refractivity contribution in [2.45, 2.75) is 31.2 Å². The van der Waals surface area contributed by atoms with Crippen molar-refractivity contribution in [2.75, 3.05) is 12.4 Å². The van der Waals surface area contributed by atoms with Gasteiger partial charge in [-0.15, -0.1) is 0 Å². The molecule has 3 aromatic rings. The lowest BCUT2D eigenvalue weighted by Gasteiger charge is -2.21. The lowest BCUT2D eigenvalue weighted by atomic mass is 10.1. The van der Waals surface area contributed by atoms with Crippen molar-refractivity contribution in [1.82, 2.24) is 4.72 Å². The van der Waals surface area contributed by atoms with Crippen LogP contribution in [-0.2, 0) is 10.0 Å². The third-order valence-electron chi connectivity index (χ3n) is 4.19. The summed E-state index contributed by atoms with van der Waals surface area (Å²) in [5.74, 6) is -0.236. The van der Waals surface area contributed by atoms with Crippen LogP contribution in [0.15, 0.2) is 65.6 Å². The fourth-order valence-electron chi connectivity index (χ4n) is 3.01. The average Bonchev–Trinajstić information content (AvgIpc) is 2.66. The molecule has 0 bridgehead atoms. The Labute approximate surface area is 170 Å². The number of carbonyl (C=O) groups excluding carboxylic acids is 1. The molecule has 152 valence electrons. The van der Waals surface area contributed by atoms with E-state index in [1.807, 2.05) is 42.5 Å². The molecule has 6 nitrogen and oxygen atoms in total. The summed E-state index contributed by atoms with van der Waals surface area (Å²) in [6.07, 6.45) is 0. The molecule has 0 fully saturated rings. The molecule has 0 spiro atoms. The number of carbonyl (C=O) groups is 1. The number of ether oxygens (including phenoxy) is 1. The molecular formula is C22H24N2O4S. The number of amides is 1. The third-order valence-corrected chi connectivity index (χ3v) is 5.97. The van der Waals surface area contributed by atoms with Crippen LogP contribution in [0.5, 0.6) is 5.75 Å². The minimum Gasteiger partial charge on any atom is -0.495 e. The summed E-state index contributed by atoms with van der Waals surface area (Å²) in [6.45, 7) is 5.23. The highest BCUT2D eigenvalue weighted by Crippen LogP contribution is 2.28. The van der Waals surface area contributed by atoms with E-state index in [1.165, 1.54) is 25.3 Å². The van der Waals surface area contributed by atoms with Crippen LogP contribution >= 0.6 is 0 Å². The van der Waals surface area contributed by atoms with E-state index in [4.69, 9.17) is 4.74 Å². The molecular weight excluding hydrogens is 388 g/mol. The van der Waals surface area contributed by atoms with Gasteiger partial charge in [-0.1, -0.05) is 36.4 Å². The Hall–Kier alpha value is -2.90. The Morgan fingerprint density at radius 3 is 2.34 bits per heavy atom. The van der Waals surface area contributed by atoms with E-state index < -0.39 is 21.5 Å². The number of benzene rings is 3. The van der Waals surface area contributed by atoms with E-state index in [1.54, 1.807) is 20.8 Å². The molecule has 0 aliphatic rings. The number of nitrogens with one attached hydrogen (secondary N) is 2. The van der Waals surface area contributed by atoms with Crippen LogP contribution in [0.25, 0.3) is 10.8 Å². The molecule has 0 unspecified atom stereocenters. The van der Waals surface area contributed by atoms with Gasteiger partial charge in [0.15, 0.2) is 0 Å². The second-order valence-electron chi connectivity index (χ2n) is 7.70. The molecule has 0 atom stereocenters. The molecule has 2 N–H and O–H groups in total. The second kappa shape index (κ2) is 7.85. The van der Waals surface area contributed by atoms with Crippen molar-refractivity contribution in [3.63, 3.8) is 0 Å². The highest BCUT2D eigenvalue weighted by molar-refractivity contribution is 7.89. The van der Waals surface area contributed by atoms with Crippen LogP contribution in [0.3, 0.4) is 0 Å². The van der Waals surface area contributed by atoms with Crippen molar-refractivity contribution in [2.24, 2.45) is 0 Å². The highest BCUT2D eigenvalue weighted by atomic mass is 32.2. The molecule has 0 aromatic heterocycles. The minimum absolute atomic E-state index is 0.0829. The molecule has 3 rings (SSSR count). The van der Waals surface area contributed by atoms with E-state index in [-0.39, 0.29) is 16.2 Å². The molecule has 3 aromatic carbocycles. The Morgan fingerprint density at radius 2 is 1.66 bits per heavy atom. The molecule has 0 saturated carbocycles. The molecule has 0 radical (unpaired) electrons. The smallest absolute Gasteiger partial charge is 0.255 e. The summed E-state index contributed by atoms with van der Waals surface area (Å²) in [7, 11) is -2.49. The van der Waals surface area contributed by atoms with Gasteiger partial charge in [-0.3, -0.25) is 4.79 Å². The molecule has 7 heteroatoms. The van der Waals surface area contributed by atoms with Gasteiger partial charge >= 0.3 is 0 Å². The normalized spacial score (nSPS) is 12.0. The molecule has 0 saturated heterocycles. The van der Waals surface area contributed by atoms with Crippen molar-refractivity contribution in [3.05, 3.63) is 66.2 Å². The van der Waals surface area contributed by atoms with Crippen molar-refractivity contribution in [1.29, 1.82) is 0 Å². The zero-order valence-corrected chi connectivity index (χ0v) is 17.6. The number of hydrogen-bond donors (Lipinski definition) is 2. The van der Waals surface area contributed by atoms with E-state index >= 15 is 0 Å². The maximum atomic E-state index is 12.9. The molecule has 0 aliphatic carbocycles. The maximum absolute atomic E-state index is 12.9. The van der Waals surface area contributed by atoms with E-state index in [2.05, 4.69) is 10.0 Å². The average molecular weight is 413 g/mol. The Bertz CT molecular complexity index is 1160. The highest BCUT2D eigenvalue weighted by Gasteiger charge is 2.26. The van der Waals surface area contributed by atoms with Gasteiger partial charge in [0, 0.05) is 22.2 Å². The lowest BCUT2D eigenvalue weighted by Crippen LogP contribution is -2.40. The number of hydrogen-bond acceptors (Lipinski definition) is 4. The number of sulfonamides is 1. The van der Waals surface area contributed by atoms with E-state index in [9.17, 15) is 13.2 Å². The third kappa shape index (κ3) is 4.75. The van der Waals surface area contributed by atoms with Crippen molar-refractivity contribution < 1.29 is 17.9 Å². The van der Waals surface area contributed by atoms with Gasteiger partial charge in [0.05, 0.1) is 7.11 Å². The van der Waals surface area contributed by atoms with E-state index in [0.29, 0.717) is 5.69 Å². The lowest BCUT2D eigenvalue weighted by molar-refractivity contribution is 0.102. The van der Waals surface area contributed by atoms with Crippen LogP contribution in [0.2, 0.25) is 0 Å². The van der Waals surface area contributed by atoms with Gasteiger partial charge < -0.3 is 10.1 Å². The quantitative estimate of drug-likeness (QED) is 0.658. The molecule has 29 heavy (non-hydrogen) atoms. The van der Waals surface area contributed by atoms with Crippen LogP contribution in [0, 0.1) is 0 Å². The SMILES string of the molecule is COc1ccc(C(=O)Nc2cccc3ccccc23)cc1S(=O)(=O)NC(C)(C)C. The first-order valence-corrected chi connectivity index (χ1v) is 10.6. The Morgan fingerprint density at radius 1 is 0.966 bits per heavy atom. The van der Waals surface area contributed by atoms with Gasteiger partial charge in [-0.2, -0.15) is 0 Å². The number of rotatable bonds is 5. The minimum atomic E-state index is -3.88. The summed E-state index contributed by atoms with van der Waals surface area (Å²) >= 11 is 0.